The van der Waals surface area contributed by atoms with Gasteiger partial charge in [-0.1, -0.05) is 18.4 Å². The van der Waals surface area contributed by atoms with Crippen molar-refractivity contribution >= 4 is 35.4 Å². The Labute approximate surface area is 257 Å². The van der Waals surface area contributed by atoms with Crippen molar-refractivity contribution in [3.8, 4) is 35.4 Å². The van der Waals surface area contributed by atoms with E-state index in [1.807, 2.05) is 0 Å². The van der Waals surface area contributed by atoms with E-state index in [-0.39, 0.29) is 47.4 Å². The molecular formula is C34H36F2N5O2P. The van der Waals surface area contributed by atoms with E-state index < -0.39 is 11.6 Å². The average Bonchev–Trinajstić information content (AvgIpc) is 3.46. The molecule has 2 aromatic carbocycles. The summed E-state index contributed by atoms with van der Waals surface area (Å²) >= 11 is 0. The zero-order valence-electron chi connectivity index (χ0n) is 25.1. The van der Waals surface area contributed by atoms with Gasteiger partial charge in [0.25, 0.3) is 0 Å². The van der Waals surface area contributed by atoms with Crippen molar-refractivity contribution in [2.45, 2.75) is 38.1 Å². The number of rotatable bonds is 5. The van der Waals surface area contributed by atoms with Gasteiger partial charge in [0, 0.05) is 41.7 Å². The Balaban J connectivity index is 1.37. The van der Waals surface area contributed by atoms with Crippen LogP contribution in [-0.2, 0) is 0 Å². The number of ether oxygens (including phenoxy) is 1. The van der Waals surface area contributed by atoms with E-state index >= 15 is 4.39 Å². The molecule has 0 bridgehead atoms. The van der Waals surface area contributed by atoms with Gasteiger partial charge < -0.3 is 19.6 Å². The van der Waals surface area contributed by atoms with Gasteiger partial charge in [-0.3, -0.25) is 4.98 Å². The quantitative estimate of drug-likeness (QED) is 0.206. The predicted octanol–water partition coefficient (Wildman–Crippen LogP) is 6.39. The van der Waals surface area contributed by atoms with Gasteiger partial charge in [0.05, 0.1) is 17.6 Å². The van der Waals surface area contributed by atoms with Crippen LogP contribution in [0.5, 0.6) is 11.8 Å². The standard InChI is InChI=1S/C34H36F2N5O2P/c1-4-23-26(35)9-8-21-17-22(42)18-24(28(21)23)30-29(36)31-25(19-37-30)32(41-13-15-44(3)16-14-41)39-33(38-31)43-20-34-10-5-7-27(34)40(2)12-6-11-34/h1,8-9,17-19,27,42H,5-7,10-16,20H2,2-3H3. The highest BCUT2D eigenvalue weighted by Gasteiger charge is 2.47. The number of fused-ring (bicyclic) bond motifs is 3. The van der Waals surface area contributed by atoms with Gasteiger partial charge in [-0.25, -0.2) is 8.78 Å². The molecule has 2 saturated heterocycles. The summed E-state index contributed by atoms with van der Waals surface area (Å²) in [5.41, 5.74) is 0.221. The summed E-state index contributed by atoms with van der Waals surface area (Å²) in [7, 11) is 2.16. The van der Waals surface area contributed by atoms with Crippen LogP contribution in [0.25, 0.3) is 32.9 Å². The number of terminal acetylenes is 1. The summed E-state index contributed by atoms with van der Waals surface area (Å²) in [4.78, 5) is 18.7. The molecule has 2 aliphatic heterocycles. The van der Waals surface area contributed by atoms with E-state index in [0.29, 0.717) is 34.6 Å². The highest BCUT2D eigenvalue weighted by molar-refractivity contribution is 7.56. The van der Waals surface area contributed by atoms with Crippen molar-refractivity contribution in [3.05, 3.63) is 47.7 Å². The van der Waals surface area contributed by atoms with Gasteiger partial charge in [0.2, 0.25) is 0 Å². The minimum absolute atomic E-state index is 0.0154. The summed E-state index contributed by atoms with van der Waals surface area (Å²) < 4.78 is 38.0. The number of aromatic nitrogens is 3. The van der Waals surface area contributed by atoms with Crippen molar-refractivity contribution in [3.63, 3.8) is 0 Å². The Morgan fingerprint density at radius 1 is 1.14 bits per heavy atom. The molecule has 1 aliphatic carbocycles. The highest BCUT2D eigenvalue weighted by atomic mass is 31.1. The zero-order chi connectivity index (χ0) is 30.6. The summed E-state index contributed by atoms with van der Waals surface area (Å²) in [6.45, 7) is 5.51. The monoisotopic (exact) mass is 615 g/mol. The third-order valence-electron chi connectivity index (χ3n) is 9.96. The van der Waals surface area contributed by atoms with Gasteiger partial charge in [-0.05, 0) is 81.8 Å². The minimum Gasteiger partial charge on any atom is -0.508 e. The lowest BCUT2D eigenvalue weighted by molar-refractivity contribution is 0.0133. The largest absolute Gasteiger partial charge is 0.508 e. The Hall–Kier alpha value is -3.60. The van der Waals surface area contributed by atoms with E-state index in [1.54, 1.807) is 6.20 Å². The zero-order valence-corrected chi connectivity index (χ0v) is 26.0. The summed E-state index contributed by atoms with van der Waals surface area (Å²) in [5, 5.41) is 11.8. The van der Waals surface area contributed by atoms with Crippen LogP contribution in [0.1, 0.15) is 37.7 Å². The van der Waals surface area contributed by atoms with E-state index in [4.69, 9.17) is 16.1 Å². The lowest BCUT2D eigenvalue weighted by atomic mass is 9.76. The van der Waals surface area contributed by atoms with Crippen LogP contribution in [-0.4, -0.2) is 83.3 Å². The summed E-state index contributed by atoms with van der Waals surface area (Å²) in [6, 6.07) is 6.20. The number of phenolic OH excluding ortho intramolecular Hbond substituents is 1. The third-order valence-corrected chi connectivity index (χ3v) is 11.9. The molecule has 0 radical (unpaired) electrons. The Morgan fingerprint density at radius 3 is 2.73 bits per heavy atom. The van der Waals surface area contributed by atoms with Crippen molar-refractivity contribution in [2.24, 2.45) is 5.41 Å². The lowest BCUT2D eigenvalue weighted by Crippen LogP contribution is -2.50. The molecule has 0 amide bonds. The SMILES string of the molecule is C#Cc1c(F)ccc2cc(O)cc(-c3ncc4c(N5CCP(C)CC5)nc(OCC56CCCC5N(C)CCC6)nc4c3F)c12. The van der Waals surface area contributed by atoms with Crippen molar-refractivity contribution in [2.75, 3.05) is 57.2 Å². The number of piperidine rings is 1. The van der Waals surface area contributed by atoms with Crippen molar-refractivity contribution in [1.29, 1.82) is 0 Å². The molecule has 1 saturated carbocycles. The maximum atomic E-state index is 16.7. The number of anilines is 1. The van der Waals surface area contributed by atoms with Crippen molar-refractivity contribution in [1.82, 2.24) is 19.9 Å². The fourth-order valence-electron chi connectivity index (χ4n) is 7.67. The fraction of sp³-hybridized carbons (Fsp3) is 0.441. The summed E-state index contributed by atoms with van der Waals surface area (Å²) in [5.74, 6) is 1.60. The Morgan fingerprint density at radius 2 is 1.93 bits per heavy atom. The van der Waals surface area contributed by atoms with Crippen LogP contribution in [0, 0.1) is 29.4 Å². The van der Waals surface area contributed by atoms with Crippen LogP contribution in [0.2, 0.25) is 0 Å². The first kappa shape index (κ1) is 29.1. The van der Waals surface area contributed by atoms with Crippen LogP contribution in [0.15, 0.2) is 30.5 Å². The lowest BCUT2D eigenvalue weighted by Gasteiger charge is -2.44. The normalized spacial score (nSPS) is 22.8. The second-order valence-corrected chi connectivity index (χ2v) is 15.2. The van der Waals surface area contributed by atoms with Crippen molar-refractivity contribution < 1.29 is 18.6 Å². The first-order valence-corrected chi connectivity index (χ1v) is 17.5. The van der Waals surface area contributed by atoms with Gasteiger partial charge in [0.1, 0.15) is 28.6 Å². The van der Waals surface area contributed by atoms with Crippen LogP contribution in [0.4, 0.5) is 14.6 Å². The molecule has 2 unspecified atom stereocenters. The number of pyridine rings is 1. The first-order chi connectivity index (χ1) is 21.3. The molecule has 1 N–H and O–H groups in total. The topological polar surface area (TPSA) is 74.6 Å². The number of aromatic hydroxyl groups is 1. The van der Waals surface area contributed by atoms with E-state index in [1.165, 1.54) is 24.3 Å². The smallest absolute Gasteiger partial charge is 0.319 e. The second-order valence-electron chi connectivity index (χ2n) is 12.6. The molecular weight excluding hydrogens is 579 g/mol. The van der Waals surface area contributed by atoms with E-state index in [0.717, 1.165) is 64.1 Å². The highest BCUT2D eigenvalue weighted by Crippen LogP contribution is 2.48. The van der Waals surface area contributed by atoms with E-state index in [2.05, 4.69) is 39.4 Å². The molecule has 2 aromatic heterocycles. The predicted molar refractivity (Wildman–Crippen MR) is 172 cm³/mol. The number of phenols is 1. The molecule has 2 atom stereocenters. The second kappa shape index (κ2) is 11.4. The van der Waals surface area contributed by atoms with Gasteiger partial charge >= 0.3 is 6.01 Å². The molecule has 10 heteroatoms. The molecule has 3 aliphatic rings. The fourth-order valence-corrected chi connectivity index (χ4v) is 9.06. The molecule has 44 heavy (non-hydrogen) atoms. The van der Waals surface area contributed by atoms with Gasteiger partial charge in [-0.2, -0.15) is 9.97 Å². The Bertz CT molecular complexity index is 1810. The molecule has 0 spiro atoms. The molecule has 7 nitrogen and oxygen atoms in total. The van der Waals surface area contributed by atoms with Crippen LogP contribution in [0.3, 0.4) is 0 Å². The number of hydrogen-bond donors (Lipinski definition) is 1. The third kappa shape index (κ3) is 4.93. The van der Waals surface area contributed by atoms with Gasteiger partial charge in [-0.15, -0.1) is 14.3 Å². The molecule has 4 aromatic rings. The van der Waals surface area contributed by atoms with Gasteiger partial charge in [0.15, 0.2) is 5.82 Å². The average molecular weight is 616 g/mol. The number of halogens is 2. The number of likely N-dealkylation sites (tertiary alicyclic amines) is 1. The molecule has 4 heterocycles. The van der Waals surface area contributed by atoms with E-state index in [9.17, 15) is 9.50 Å². The Kier molecular flexibility index (Phi) is 7.54. The molecule has 3 fully saturated rings. The summed E-state index contributed by atoms with van der Waals surface area (Å²) in [6.07, 6.45) is 15.0. The van der Waals surface area contributed by atoms with Crippen LogP contribution < -0.4 is 9.64 Å². The van der Waals surface area contributed by atoms with Crippen LogP contribution >= 0.6 is 7.92 Å². The minimum atomic E-state index is -0.695. The first-order valence-electron chi connectivity index (χ1n) is 15.3. The number of benzene rings is 2. The molecule has 228 valence electrons. The maximum absolute atomic E-state index is 16.7. The maximum Gasteiger partial charge on any atom is 0.319 e. The number of hydrogen-bond acceptors (Lipinski definition) is 7. The molecule has 7 rings (SSSR count). The number of nitrogens with zero attached hydrogens (tertiary/aromatic N) is 5.